The normalized spacial score (nSPS) is 11.8. The van der Waals surface area contributed by atoms with Gasteiger partial charge < -0.3 is 4.65 Å². The Morgan fingerprint density at radius 1 is 0.600 bits per heavy atom. The number of hydrogen-bond acceptors (Lipinski definition) is 1. The Morgan fingerprint density at radius 2 is 1.07 bits per heavy atom. The van der Waals surface area contributed by atoms with Gasteiger partial charge in [0.05, 0.1) is 0 Å². The van der Waals surface area contributed by atoms with Crippen LogP contribution >= 0.6 is 0 Å². The van der Waals surface area contributed by atoms with Gasteiger partial charge in [-0.3, -0.25) is 0 Å². The Balaban J connectivity index is 1.61. The Hall–Kier alpha value is -3.10. The summed E-state index contributed by atoms with van der Waals surface area (Å²) in [6.45, 7) is 4.27. The zero-order valence-electron chi connectivity index (χ0n) is 17.7. The SMILES string of the molecule is CCC(C)OBc1cccc(-c2cccc(-c3cccc(-c4ccccc4)c3)c2)c1. The molecular formula is C28H27BO. The molecule has 0 aliphatic heterocycles. The van der Waals surface area contributed by atoms with E-state index in [1.54, 1.807) is 0 Å². The Morgan fingerprint density at radius 3 is 1.63 bits per heavy atom. The average Bonchev–Trinajstić information content (AvgIpc) is 2.83. The van der Waals surface area contributed by atoms with Crippen LogP contribution in [0.3, 0.4) is 0 Å². The number of rotatable bonds is 7. The van der Waals surface area contributed by atoms with Crippen molar-refractivity contribution >= 4 is 12.9 Å². The van der Waals surface area contributed by atoms with Gasteiger partial charge in [0.15, 0.2) is 0 Å². The van der Waals surface area contributed by atoms with Gasteiger partial charge in [0, 0.05) is 6.10 Å². The second-order valence-electron chi connectivity index (χ2n) is 7.76. The first-order chi connectivity index (χ1) is 14.7. The van der Waals surface area contributed by atoms with Crippen molar-refractivity contribution in [3.05, 3.63) is 103 Å². The topological polar surface area (TPSA) is 9.23 Å². The lowest BCUT2D eigenvalue weighted by atomic mass is 9.85. The van der Waals surface area contributed by atoms with Crippen molar-refractivity contribution in [2.45, 2.75) is 26.4 Å². The maximum atomic E-state index is 5.92. The highest BCUT2D eigenvalue weighted by Crippen LogP contribution is 2.29. The summed E-state index contributed by atoms with van der Waals surface area (Å²) in [5, 5.41) is 0. The fourth-order valence-corrected chi connectivity index (χ4v) is 3.58. The van der Waals surface area contributed by atoms with E-state index < -0.39 is 0 Å². The number of hydrogen-bond donors (Lipinski definition) is 0. The van der Waals surface area contributed by atoms with Crippen molar-refractivity contribution in [1.82, 2.24) is 0 Å². The zero-order chi connectivity index (χ0) is 20.8. The predicted molar refractivity (Wildman–Crippen MR) is 130 cm³/mol. The first kappa shape index (κ1) is 20.2. The van der Waals surface area contributed by atoms with Crippen LogP contribution in [0.15, 0.2) is 103 Å². The van der Waals surface area contributed by atoms with Gasteiger partial charge in [-0.2, -0.15) is 0 Å². The Bertz CT molecular complexity index is 1100. The highest BCUT2D eigenvalue weighted by molar-refractivity contribution is 6.47. The summed E-state index contributed by atoms with van der Waals surface area (Å²) in [6.07, 6.45) is 1.32. The van der Waals surface area contributed by atoms with Crippen molar-refractivity contribution in [3.8, 4) is 33.4 Å². The van der Waals surface area contributed by atoms with Crippen LogP contribution < -0.4 is 5.46 Å². The van der Waals surface area contributed by atoms with Crippen molar-refractivity contribution in [1.29, 1.82) is 0 Å². The summed E-state index contributed by atoms with van der Waals surface area (Å²) in [5.41, 5.74) is 8.60. The minimum Gasteiger partial charge on any atom is -0.432 e. The molecule has 0 saturated heterocycles. The largest absolute Gasteiger partial charge is 0.432 e. The highest BCUT2D eigenvalue weighted by atomic mass is 16.4. The molecule has 0 aliphatic rings. The molecule has 1 nitrogen and oxygen atoms in total. The molecule has 1 atom stereocenters. The zero-order valence-corrected chi connectivity index (χ0v) is 17.7. The molecular weight excluding hydrogens is 363 g/mol. The lowest BCUT2D eigenvalue weighted by Crippen LogP contribution is -2.22. The molecule has 0 fully saturated rings. The fourth-order valence-electron chi connectivity index (χ4n) is 3.58. The summed E-state index contributed by atoms with van der Waals surface area (Å²) in [6, 6.07) is 36.7. The Labute approximate surface area is 180 Å². The molecule has 0 N–H and O–H groups in total. The van der Waals surface area contributed by atoms with Crippen LogP contribution in [-0.4, -0.2) is 13.6 Å². The van der Waals surface area contributed by atoms with E-state index in [1.165, 1.54) is 38.8 Å². The monoisotopic (exact) mass is 390 g/mol. The molecule has 30 heavy (non-hydrogen) atoms. The molecule has 148 valence electrons. The van der Waals surface area contributed by atoms with E-state index in [9.17, 15) is 0 Å². The minimum atomic E-state index is 0.286. The van der Waals surface area contributed by atoms with E-state index in [2.05, 4.69) is 117 Å². The molecule has 1 unspecified atom stereocenters. The summed E-state index contributed by atoms with van der Waals surface area (Å²) in [5.74, 6) is 0. The third-order valence-corrected chi connectivity index (χ3v) is 5.54. The molecule has 0 radical (unpaired) electrons. The second-order valence-corrected chi connectivity index (χ2v) is 7.76. The minimum absolute atomic E-state index is 0.286. The van der Waals surface area contributed by atoms with Crippen LogP contribution in [0.25, 0.3) is 33.4 Å². The smallest absolute Gasteiger partial charge is 0.308 e. The van der Waals surface area contributed by atoms with Gasteiger partial charge in [-0.15, -0.1) is 0 Å². The van der Waals surface area contributed by atoms with Gasteiger partial charge in [0.2, 0.25) is 0 Å². The van der Waals surface area contributed by atoms with Crippen LogP contribution in [0.5, 0.6) is 0 Å². The quantitative estimate of drug-likeness (QED) is 0.328. The first-order valence-electron chi connectivity index (χ1n) is 10.7. The van der Waals surface area contributed by atoms with Crippen molar-refractivity contribution in [2.24, 2.45) is 0 Å². The van der Waals surface area contributed by atoms with E-state index in [0.29, 0.717) is 7.48 Å². The molecule has 0 saturated carbocycles. The van der Waals surface area contributed by atoms with Crippen molar-refractivity contribution in [3.63, 3.8) is 0 Å². The maximum Gasteiger partial charge on any atom is 0.308 e. The summed E-state index contributed by atoms with van der Waals surface area (Å²) in [4.78, 5) is 0. The average molecular weight is 390 g/mol. The first-order valence-corrected chi connectivity index (χ1v) is 10.7. The lowest BCUT2D eigenvalue weighted by molar-refractivity contribution is 0.233. The second kappa shape index (κ2) is 9.60. The molecule has 2 heteroatoms. The standard InChI is InChI=1S/C28H27BO/c1-3-21(2)30-29-28-17-9-16-27(20-28)26-15-8-14-25(19-26)24-13-7-12-23(18-24)22-10-5-4-6-11-22/h4-21,29H,3H2,1-2H3. The highest BCUT2D eigenvalue weighted by Gasteiger charge is 2.07. The molecule has 0 bridgehead atoms. The van der Waals surface area contributed by atoms with Crippen LogP contribution in [0.4, 0.5) is 0 Å². The van der Waals surface area contributed by atoms with Gasteiger partial charge in [-0.05, 0) is 58.9 Å². The molecule has 0 heterocycles. The van der Waals surface area contributed by atoms with Gasteiger partial charge >= 0.3 is 7.48 Å². The molecule has 0 spiro atoms. The molecule has 4 aromatic rings. The van der Waals surface area contributed by atoms with Crippen LogP contribution in [0.1, 0.15) is 20.3 Å². The fraction of sp³-hybridized carbons (Fsp3) is 0.143. The van der Waals surface area contributed by atoms with E-state index in [1.807, 2.05) is 0 Å². The third-order valence-electron chi connectivity index (χ3n) is 5.54. The van der Waals surface area contributed by atoms with Crippen molar-refractivity contribution < 1.29 is 4.65 Å². The molecule has 4 rings (SSSR count). The summed E-state index contributed by atoms with van der Waals surface area (Å²) in [7, 11) is 0.654. The predicted octanol–water partition coefficient (Wildman–Crippen LogP) is 6.48. The molecule has 0 amide bonds. The molecule has 0 aromatic heterocycles. The lowest BCUT2D eigenvalue weighted by Gasteiger charge is -2.11. The number of benzene rings is 4. The van der Waals surface area contributed by atoms with Gasteiger partial charge in [0.25, 0.3) is 0 Å². The molecule has 4 aromatic carbocycles. The van der Waals surface area contributed by atoms with Gasteiger partial charge in [0.1, 0.15) is 0 Å². The van der Waals surface area contributed by atoms with E-state index in [4.69, 9.17) is 4.65 Å². The summed E-state index contributed by atoms with van der Waals surface area (Å²) >= 11 is 0. The maximum absolute atomic E-state index is 5.92. The van der Waals surface area contributed by atoms with Crippen molar-refractivity contribution in [2.75, 3.05) is 0 Å². The summed E-state index contributed by atoms with van der Waals surface area (Å²) < 4.78 is 5.92. The molecule has 0 aliphatic carbocycles. The van der Waals surface area contributed by atoms with E-state index in [0.717, 1.165) is 6.42 Å². The van der Waals surface area contributed by atoms with Crippen LogP contribution in [0.2, 0.25) is 0 Å². The van der Waals surface area contributed by atoms with Crippen LogP contribution in [0, 0.1) is 0 Å². The van der Waals surface area contributed by atoms with E-state index in [-0.39, 0.29) is 6.10 Å². The van der Waals surface area contributed by atoms with Gasteiger partial charge in [-0.25, -0.2) is 0 Å². The Kier molecular flexibility index (Phi) is 6.46. The van der Waals surface area contributed by atoms with Crippen LogP contribution in [-0.2, 0) is 4.65 Å². The third kappa shape index (κ3) is 4.90. The van der Waals surface area contributed by atoms with E-state index >= 15 is 0 Å². The van der Waals surface area contributed by atoms with Gasteiger partial charge in [-0.1, -0.05) is 103 Å².